The Morgan fingerprint density at radius 2 is 2.12 bits per heavy atom. The van der Waals surface area contributed by atoms with E-state index in [4.69, 9.17) is 0 Å². The molecule has 0 aromatic heterocycles. The van der Waals surface area contributed by atoms with E-state index in [1.807, 2.05) is 6.92 Å². The van der Waals surface area contributed by atoms with Crippen LogP contribution in [-0.2, 0) is 11.2 Å². The number of nitrogens with zero attached hydrogens (tertiary/aromatic N) is 2. The third-order valence-electron chi connectivity index (χ3n) is 2.62. The Kier molecular flexibility index (Phi) is 2.99. The molecule has 0 unspecified atom stereocenters. The van der Waals surface area contributed by atoms with Crippen molar-refractivity contribution >= 4 is 11.7 Å². The number of halogens is 1. The second kappa shape index (κ2) is 4.43. The van der Waals surface area contributed by atoms with Crippen LogP contribution in [0.2, 0.25) is 0 Å². The average molecular weight is 220 g/mol. The summed E-state index contributed by atoms with van der Waals surface area (Å²) in [6, 6.07) is 6.01. The zero-order valence-electron chi connectivity index (χ0n) is 9.11. The lowest BCUT2D eigenvalue weighted by Crippen LogP contribution is -2.33. The van der Waals surface area contributed by atoms with Crippen molar-refractivity contribution in [2.24, 2.45) is 4.99 Å². The van der Waals surface area contributed by atoms with E-state index in [9.17, 15) is 9.18 Å². The van der Waals surface area contributed by atoms with Gasteiger partial charge in [-0.05, 0) is 24.6 Å². The smallest absolute Gasteiger partial charge is 0.232 e. The number of amidine groups is 1. The number of aliphatic imine (C=N–C) groups is 1. The summed E-state index contributed by atoms with van der Waals surface area (Å²) >= 11 is 0. The molecule has 1 aromatic rings. The monoisotopic (exact) mass is 220 g/mol. The van der Waals surface area contributed by atoms with E-state index in [2.05, 4.69) is 4.99 Å². The number of benzene rings is 1. The van der Waals surface area contributed by atoms with Crippen molar-refractivity contribution in [3.8, 4) is 0 Å². The van der Waals surface area contributed by atoms with Gasteiger partial charge in [-0.15, -0.1) is 0 Å². The van der Waals surface area contributed by atoms with Crippen LogP contribution < -0.4 is 0 Å². The highest BCUT2D eigenvalue weighted by Crippen LogP contribution is 2.08. The number of hydrogen-bond acceptors (Lipinski definition) is 2. The first-order valence-corrected chi connectivity index (χ1v) is 5.22. The Bertz CT molecular complexity index is 425. The summed E-state index contributed by atoms with van der Waals surface area (Å²) in [6.07, 6.45) is 0.299. The van der Waals surface area contributed by atoms with Crippen LogP contribution in [0.15, 0.2) is 29.3 Å². The summed E-state index contributed by atoms with van der Waals surface area (Å²) in [4.78, 5) is 17.7. The first-order valence-electron chi connectivity index (χ1n) is 5.22. The Morgan fingerprint density at radius 1 is 1.44 bits per heavy atom. The number of carbonyl (C=O) groups excluding carboxylic acids is 1. The maximum atomic E-state index is 12.7. The fourth-order valence-corrected chi connectivity index (χ4v) is 1.74. The van der Waals surface area contributed by atoms with E-state index in [1.165, 1.54) is 12.1 Å². The van der Waals surface area contributed by atoms with Gasteiger partial charge in [0.1, 0.15) is 11.7 Å². The van der Waals surface area contributed by atoms with Gasteiger partial charge in [0.05, 0.1) is 13.0 Å². The van der Waals surface area contributed by atoms with Gasteiger partial charge in [-0.1, -0.05) is 12.1 Å². The van der Waals surface area contributed by atoms with Gasteiger partial charge in [-0.3, -0.25) is 14.7 Å². The maximum absolute atomic E-state index is 12.7. The van der Waals surface area contributed by atoms with Crippen molar-refractivity contribution in [1.29, 1.82) is 0 Å². The zero-order valence-corrected chi connectivity index (χ0v) is 9.11. The number of hydrogen-bond donors (Lipinski definition) is 0. The van der Waals surface area contributed by atoms with Gasteiger partial charge in [0.15, 0.2) is 0 Å². The first-order chi connectivity index (χ1) is 7.66. The van der Waals surface area contributed by atoms with Crippen LogP contribution in [0.1, 0.15) is 12.5 Å². The summed E-state index contributed by atoms with van der Waals surface area (Å²) in [5.41, 5.74) is 0.825. The molecule has 0 bridgehead atoms. The Labute approximate surface area is 93.6 Å². The molecule has 0 fully saturated rings. The van der Waals surface area contributed by atoms with Crippen molar-refractivity contribution in [2.45, 2.75) is 13.3 Å². The SMILES string of the molecule is CC1=NCCN1C(=O)Cc1ccc(F)cc1. The molecule has 16 heavy (non-hydrogen) atoms. The number of carbonyl (C=O) groups is 1. The van der Waals surface area contributed by atoms with Crippen LogP contribution >= 0.6 is 0 Å². The second-order valence-corrected chi connectivity index (χ2v) is 3.78. The molecule has 1 aromatic carbocycles. The standard InChI is InChI=1S/C12H13FN2O/c1-9-14-6-7-15(9)12(16)8-10-2-4-11(13)5-3-10/h2-5H,6-8H2,1H3. The lowest BCUT2D eigenvalue weighted by Gasteiger charge is -2.15. The Balaban J connectivity index is 2.02. The molecule has 0 atom stereocenters. The van der Waals surface area contributed by atoms with Gasteiger partial charge in [0, 0.05) is 6.54 Å². The molecule has 0 N–H and O–H groups in total. The highest BCUT2D eigenvalue weighted by Gasteiger charge is 2.19. The van der Waals surface area contributed by atoms with Gasteiger partial charge in [-0.25, -0.2) is 4.39 Å². The predicted molar refractivity (Wildman–Crippen MR) is 59.8 cm³/mol. The molecule has 0 aliphatic carbocycles. The Hall–Kier alpha value is -1.71. The second-order valence-electron chi connectivity index (χ2n) is 3.78. The quantitative estimate of drug-likeness (QED) is 0.745. The minimum absolute atomic E-state index is 0.0189. The summed E-state index contributed by atoms with van der Waals surface area (Å²) in [5.74, 6) is 0.507. The molecular weight excluding hydrogens is 207 g/mol. The lowest BCUT2D eigenvalue weighted by molar-refractivity contribution is -0.126. The molecule has 1 heterocycles. The van der Waals surface area contributed by atoms with Crippen molar-refractivity contribution < 1.29 is 9.18 Å². The van der Waals surface area contributed by atoms with Crippen molar-refractivity contribution in [3.05, 3.63) is 35.6 Å². The van der Waals surface area contributed by atoms with E-state index in [1.54, 1.807) is 17.0 Å². The van der Waals surface area contributed by atoms with Gasteiger partial charge >= 0.3 is 0 Å². The maximum Gasteiger partial charge on any atom is 0.232 e. The van der Waals surface area contributed by atoms with E-state index < -0.39 is 0 Å². The van der Waals surface area contributed by atoms with Crippen LogP contribution in [0.4, 0.5) is 4.39 Å². The fraction of sp³-hybridized carbons (Fsp3) is 0.333. The van der Waals surface area contributed by atoms with Crippen LogP contribution in [-0.4, -0.2) is 29.7 Å². The van der Waals surface area contributed by atoms with Gasteiger partial charge in [0.25, 0.3) is 0 Å². The third-order valence-corrected chi connectivity index (χ3v) is 2.62. The molecule has 0 saturated heterocycles. The fourth-order valence-electron chi connectivity index (χ4n) is 1.74. The normalized spacial score (nSPS) is 15.1. The molecule has 0 radical (unpaired) electrons. The first kappa shape index (κ1) is 10.8. The van der Waals surface area contributed by atoms with Crippen LogP contribution in [0.3, 0.4) is 0 Å². The summed E-state index contributed by atoms with van der Waals surface area (Å²) < 4.78 is 12.7. The third kappa shape index (κ3) is 2.27. The molecular formula is C12H13FN2O. The zero-order chi connectivity index (χ0) is 11.5. The number of rotatable bonds is 2. The minimum atomic E-state index is -0.282. The summed E-state index contributed by atoms with van der Waals surface area (Å²) in [5, 5.41) is 0. The highest BCUT2D eigenvalue weighted by molar-refractivity contribution is 5.98. The van der Waals surface area contributed by atoms with Gasteiger partial charge < -0.3 is 0 Å². The van der Waals surface area contributed by atoms with Crippen molar-refractivity contribution in [1.82, 2.24) is 4.90 Å². The van der Waals surface area contributed by atoms with Crippen LogP contribution in [0, 0.1) is 5.82 Å². The minimum Gasteiger partial charge on any atom is -0.299 e. The molecule has 84 valence electrons. The predicted octanol–water partition coefficient (Wildman–Crippen LogP) is 1.63. The molecule has 1 aliphatic heterocycles. The van der Waals surface area contributed by atoms with Crippen LogP contribution in [0.5, 0.6) is 0 Å². The largest absolute Gasteiger partial charge is 0.299 e. The average Bonchev–Trinajstić information content (AvgIpc) is 2.68. The van der Waals surface area contributed by atoms with Gasteiger partial charge in [0.2, 0.25) is 5.91 Å². The highest BCUT2D eigenvalue weighted by atomic mass is 19.1. The molecule has 1 amide bonds. The summed E-state index contributed by atoms with van der Waals surface area (Å²) in [7, 11) is 0. The number of amides is 1. The molecule has 3 nitrogen and oxygen atoms in total. The molecule has 1 aliphatic rings. The van der Waals surface area contributed by atoms with E-state index in [-0.39, 0.29) is 11.7 Å². The topological polar surface area (TPSA) is 32.7 Å². The van der Waals surface area contributed by atoms with Crippen LogP contribution in [0.25, 0.3) is 0 Å². The molecule has 4 heteroatoms. The van der Waals surface area contributed by atoms with Crippen molar-refractivity contribution in [2.75, 3.05) is 13.1 Å². The molecule has 0 saturated carbocycles. The lowest BCUT2D eigenvalue weighted by atomic mass is 10.1. The van der Waals surface area contributed by atoms with Crippen molar-refractivity contribution in [3.63, 3.8) is 0 Å². The van der Waals surface area contributed by atoms with E-state index >= 15 is 0 Å². The molecule has 0 spiro atoms. The van der Waals surface area contributed by atoms with E-state index in [0.29, 0.717) is 19.5 Å². The molecule has 2 rings (SSSR count). The summed E-state index contributed by atoms with van der Waals surface area (Å²) in [6.45, 7) is 3.17. The van der Waals surface area contributed by atoms with E-state index in [0.717, 1.165) is 11.4 Å². The van der Waals surface area contributed by atoms with Gasteiger partial charge in [-0.2, -0.15) is 0 Å². The Morgan fingerprint density at radius 3 is 2.69 bits per heavy atom.